The fourth-order valence-corrected chi connectivity index (χ4v) is 2.79. The molecule has 0 saturated carbocycles. The van der Waals surface area contributed by atoms with E-state index in [9.17, 15) is 0 Å². The van der Waals surface area contributed by atoms with Crippen molar-refractivity contribution in [1.29, 1.82) is 0 Å². The van der Waals surface area contributed by atoms with E-state index < -0.39 is 0 Å². The van der Waals surface area contributed by atoms with Gasteiger partial charge < -0.3 is 0 Å². The first kappa shape index (κ1) is 13.5. The lowest BCUT2D eigenvalue weighted by molar-refractivity contribution is 0.148. The Morgan fingerprint density at radius 1 is 1.25 bits per heavy atom. The third-order valence-corrected chi connectivity index (χ3v) is 4.14. The van der Waals surface area contributed by atoms with Gasteiger partial charge in [0.15, 0.2) is 5.82 Å². The Bertz CT molecular complexity index is 565. The number of nitrogens with zero attached hydrogens (tertiary/aromatic N) is 5. The number of hydrogen-bond acceptors (Lipinski definition) is 4. The zero-order valence-electron chi connectivity index (χ0n) is 11.5. The molecule has 5 nitrogen and oxygen atoms in total. The second-order valence-corrected chi connectivity index (χ2v) is 5.74. The summed E-state index contributed by atoms with van der Waals surface area (Å²) < 4.78 is 1.79. The van der Waals surface area contributed by atoms with Crippen LogP contribution in [-0.2, 0) is 6.54 Å². The number of aromatic nitrogens is 4. The van der Waals surface area contributed by atoms with Crippen LogP contribution in [0.2, 0.25) is 5.02 Å². The SMILES string of the molecule is C[C@@H]1CCCCN1Cc1nnnn1-c1ccc(Cl)cc1. The monoisotopic (exact) mass is 291 g/mol. The summed E-state index contributed by atoms with van der Waals surface area (Å²) in [6.07, 6.45) is 3.83. The van der Waals surface area contributed by atoms with Gasteiger partial charge >= 0.3 is 0 Å². The Morgan fingerprint density at radius 2 is 2.05 bits per heavy atom. The molecule has 1 atom stereocenters. The second kappa shape index (κ2) is 5.89. The Morgan fingerprint density at radius 3 is 2.80 bits per heavy atom. The highest BCUT2D eigenvalue weighted by Gasteiger charge is 2.21. The predicted octanol–water partition coefficient (Wildman–Crippen LogP) is 2.69. The third kappa shape index (κ3) is 2.83. The molecule has 0 amide bonds. The normalized spacial score (nSPS) is 20.2. The van der Waals surface area contributed by atoms with E-state index >= 15 is 0 Å². The summed E-state index contributed by atoms with van der Waals surface area (Å²) in [5, 5.41) is 12.8. The molecule has 0 radical (unpaired) electrons. The lowest BCUT2D eigenvalue weighted by Crippen LogP contribution is -2.37. The molecule has 0 aliphatic carbocycles. The summed E-state index contributed by atoms with van der Waals surface area (Å²) in [7, 11) is 0. The minimum atomic E-state index is 0.596. The van der Waals surface area contributed by atoms with Gasteiger partial charge in [-0.25, -0.2) is 0 Å². The van der Waals surface area contributed by atoms with Crippen molar-refractivity contribution < 1.29 is 0 Å². The predicted molar refractivity (Wildman–Crippen MR) is 77.9 cm³/mol. The van der Waals surface area contributed by atoms with Crippen LogP contribution in [-0.4, -0.2) is 37.7 Å². The Labute approximate surface area is 123 Å². The highest BCUT2D eigenvalue weighted by Crippen LogP contribution is 2.19. The van der Waals surface area contributed by atoms with Gasteiger partial charge in [-0.3, -0.25) is 4.90 Å². The highest BCUT2D eigenvalue weighted by molar-refractivity contribution is 6.30. The lowest BCUT2D eigenvalue weighted by atomic mass is 10.0. The van der Waals surface area contributed by atoms with Gasteiger partial charge in [0.1, 0.15) is 0 Å². The number of rotatable bonds is 3. The largest absolute Gasteiger partial charge is 0.293 e. The van der Waals surface area contributed by atoms with Crippen LogP contribution in [0.15, 0.2) is 24.3 Å². The van der Waals surface area contributed by atoms with Gasteiger partial charge in [0.05, 0.1) is 12.2 Å². The van der Waals surface area contributed by atoms with Crippen LogP contribution in [0.3, 0.4) is 0 Å². The van der Waals surface area contributed by atoms with E-state index in [1.807, 2.05) is 24.3 Å². The van der Waals surface area contributed by atoms with Crippen LogP contribution in [0.5, 0.6) is 0 Å². The molecule has 2 heterocycles. The molecule has 0 N–H and O–H groups in total. The summed E-state index contributed by atoms with van der Waals surface area (Å²) in [5.41, 5.74) is 0.944. The standard InChI is InChI=1S/C14H18ClN5/c1-11-4-2-3-9-19(11)10-14-16-17-18-20(14)13-7-5-12(15)6-8-13/h5-8,11H,2-4,9-10H2,1H3/t11-/m1/s1. The zero-order valence-corrected chi connectivity index (χ0v) is 12.3. The zero-order chi connectivity index (χ0) is 13.9. The van der Waals surface area contributed by atoms with Gasteiger partial charge in [-0.2, -0.15) is 4.68 Å². The van der Waals surface area contributed by atoms with E-state index in [-0.39, 0.29) is 0 Å². The van der Waals surface area contributed by atoms with Gasteiger partial charge in [0, 0.05) is 11.1 Å². The van der Waals surface area contributed by atoms with E-state index in [2.05, 4.69) is 27.3 Å². The summed E-state index contributed by atoms with van der Waals surface area (Å²) in [6.45, 7) is 4.18. The van der Waals surface area contributed by atoms with Crippen LogP contribution >= 0.6 is 11.6 Å². The number of hydrogen-bond donors (Lipinski definition) is 0. The molecule has 20 heavy (non-hydrogen) atoms. The number of piperidine rings is 1. The molecule has 1 saturated heterocycles. The second-order valence-electron chi connectivity index (χ2n) is 5.30. The van der Waals surface area contributed by atoms with Crippen LogP contribution in [0.4, 0.5) is 0 Å². The first-order valence-electron chi connectivity index (χ1n) is 7.01. The summed E-state index contributed by atoms with van der Waals surface area (Å²) in [5.74, 6) is 0.876. The molecule has 1 aliphatic rings. The minimum absolute atomic E-state index is 0.596. The third-order valence-electron chi connectivity index (χ3n) is 3.89. The summed E-state index contributed by atoms with van der Waals surface area (Å²) in [6, 6.07) is 8.17. The van der Waals surface area contributed by atoms with Gasteiger partial charge in [-0.15, -0.1) is 5.10 Å². The average molecular weight is 292 g/mol. The topological polar surface area (TPSA) is 46.8 Å². The summed E-state index contributed by atoms with van der Waals surface area (Å²) in [4.78, 5) is 2.45. The van der Waals surface area contributed by atoms with Crippen molar-refractivity contribution in [3.63, 3.8) is 0 Å². The van der Waals surface area contributed by atoms with Crippen LogP contribution in [0.1, 0.15) is 32.0 Å². The molecule has 0 unspecified atom stereocenters. The first-order valence-corrected chi connectivity index (χ1v) is 7.39. The molecule has 3 rings (SSSR count). The number of benzene rings is 1. The first-order chi connectivity index (χ1) is 9.74. The number of tetrazole rings is 1. The van der Waals surface area contributed by atoms with E-state index in [0.29, 0.717) is 11.1 Å². The molecule has 106 valence electrons. The van der Waals surface area contributed by atoms with Gasteiger partial charge in [-0.05, 0) is 61.0 Å². The molecule has 2 aromatic rings. The maximum atomic E-state index is 5.92. The molecular formula is C14H18ClN5. The van der Waals surface area contributed by atoms with Crippen molar-refractivity contribution in [3.8, 4) is 5.69 Å². The molecule has 0 spiro atoms. The number of likely N-dealkylation sites (tertiary alicyclic amines) is 1. The van der Waals surface area contributed by atoms with E-state index in [0.717, 1.165) is 24.6 Å². The Kier molecular flexibility index (Phi) is 3.98. The maximum absolute atomic E-state index is 5.92. The van der Waals surface area contributed by atoms with Crippen molar-refractivity contribution in [2.24, 2.45) is 0 Å². The Hall–Kier alpha value is -1.46. The molecule has 1 aliphatic heterocycles. The van der Waals surface area contributed by atoms with Gasteiger partial charge in [0.25, 0.3) is 0 Å². The van der Waals surface area contributed by atoms with Crippen molar-refractivity contribution >= 4 is 11.6 Å². The minimum Gasteiger partial charge on any atom is -0.293 e. The van der Waals surface area contributed by atoms with E-state index in [1.54, 1.807) is 4.68 Å². The molecular weight excluding hydrogens is 274 g/mol. The summed E-state index contributed by atoms with van der Waals surface area (Å²) >= 11 is 5.92. The van der Waals surface area contributed by atoms with Crippen LogP contribution in [0.25, 0.3) is 5.69 Å². The fraction of sp³-hybridized carbons (Fsp3) is 0.500. The van der Waals surface area contributed by atoms with E-state index in [1.165, 1.54) is 19.3 Å². The lowest BCUT2D eigenvalue weighted by Gasteiger charge is -2.32. The average Bonchev–Trinajstić information content (AvgIpc) is 2.90. The smallest absolute Gasteiger partial charge is 0.170 e. The van der Waals surface area contributed by atoms with Crippen molar-refractivity contribution in [2.75, 3.05) is 6.54 Å². The van der Waals surface area contributed by atoms with Crippen molar-refractivity contribution in [2.45, 2.75) is 38.8 Å². The van der Waals surface area contributed by atoms with Crippen molar-refractivity contribution in [1.82, 2.24) is 25.1 Å². The highest BCUT2D eigenvalue weighted by atomic mass is 35.5. The maximum Gasteiger partial charge on any atom is 0.170 e. The molecule has 0 bridgehead atoms. The molecule has 1 aromatic heterocycles. The van der Waals surface area contributed by atoms with E-state index in [4.69, 9.17) is 11.6 Å². The molecule has 1 aromatic carbocycles. The number of halogens is 1. The van der Waals surface area contributed by atoms with Crippen LogP contribution in [0, 0.1) is 0 Å². The van der Waals surface area contributed by atoms with Crippen LogP contribution < -0.4 is 0 Å². The Balaban J connectivity index is 1.81. The van der Waals surface area contributed by atoms with Gasteiger partial charge in [0.2, 0.25) is 0 Å². The quantitative estimate of drug-likeness (QED) is 0.872. The fourth-order valence-electron chi connectivity index (χ4n) is 2.66. The molecule has 6 heteroatoms. The van der Waals surface area contributed by atoms with Crippen molar-refractivity contribution in [3.05, 3.63) is 35.1 Å². The molecule has 1 fully saturated rings. The van der Waals surface area contributed by atoms with Gasteiger partial charge in [-0.1, -0.05) is 18.0 Å².